The lowest BCUT2D eigenvalue weighted by atomic mass is 10.2. The van der Waals surface area contributed by atoms with Crippen LogP contribution >= 0.6 is 11.3 Å². The molecular formula is C14H16N2O3S. The Labute approximate surface area is 121 Å². The molecule has 5 nitrogen and oxygen atoms in total. The van der Waals surface area contributed by atoms with Crippen LogP contribution < -0.4 is 14.8 Å². The fourth-order valence-electron chi connectivity index (χ4n) is 1.70. The predicted molar refractivity (Wildman–Crippen MR) is 77.6 cm³/mol. The molecule has 0 saturated heterocycles. The van der Waals surface area contributed by atoms with E-state index in [1.54, 1.807) is 43.8 Å². The summed E-state index contributed by atoms with van der Waals surface area (Å²) in [6.07, 6.45) is 0. The summed E-state index contributed by atoms with van der Waals surface area (Å²) < 4.78 is 10.3. The second-order valence-corrected chi connectivity index (χ2v) is 5.20. The molecule has 0 bridgehead atoms. The molecule has 20 heavy (non-hydrogen) atoms. The Kier molecular flexibility index (Phi) is 4.57. The third-order valence-electron chi connectivity index (χ3n) is 2.71. The van der Waals surface area contributed by atoms with Crippen molar-refractivity contribution in [2.24, 2.45) is 0 Å². The minimum atomic E-state index is -0.187. The fraction of sp³-hybridized carbons (Fsp3) is 0.286. The summed E-state index contributed by atoms with van der Waals surface area (Å²) in [7, 11) is 3.10. The number of aryl methyl sites for hydroxylation is 1. The minimum absolute atomic E-state index is 0.187. The molecule has 1 amide bonds. The van der Waals surface area contributed by atoms with Crippen molar-refractivity contribution in [3.8, 4) is 11.5 Å². The van der Waals surface area contributed by atoms with Gasteiger partial charge in [-0.15, -0.1) is 11.3 Å². The van der Waals surface area contributed by atoms with Crippen LogP contribution in [0.15, 0.2) is 23.6 Å². The highest BCUT2D eigenvalue weighted by molar-refractivity contribution is 7.09. The second-order valence-electron chi connectivity index (χ2n) is 4.14. The average Bonchev–Trinajstić information content (AvgIpc) is 2.89. The standard InChI is InChI=1S/C14H16N2O3S/c1-9-16-11(8-20-9)7-15-14(17)10-4-12(18-2)6-13(5-10)19-3/h4-6,8H,7H2,1-3H3,(H,15,17). The number of carbonyl (C=O) groups is 1. The predicted octanol–water partition coefficient (Wildman–Crippen LogP) is 2.40. The number of benzene rings is 1. The summed E-state index contributed by atoms with van der Waals surface area (Å²) in [6, 6.07) is 5.06. The molecule has 0 radical (unpaired) electrons. The van der Waals surface area contributed by atoms with Gasteiger partial charge >= 0.3 is 0 Å². The molecule has 106 valence electrons. The van der Waals surface area contributed by atoms with Gasteiger partial charge in [-0.3, -0.25) is 4.79 Å². The van der Waals surface area contributed by atoms with Gasteiger partial charge in [0.1, 0.15) is 11.5 Å². The van der Waals surface area contributed by atoms with E-state index in [0.29, 0.717) is 23.6 Å². The number of hydrogen-bond donors (Lipinski definition) is 1. The Morgan fingerprint density at radius 2 is 1.90 bits per heavy atom. The number of carbonyl (C=O) groups excluding carboxylic acids is 1. The molecule has 0 aliphatic rings. The van der Waals surface area contributed by atoms with E-state index in [4.69, 9.17) is 9.47 Å². The largest absolute Gasteiger partial charge is 0.497 e. The van der Waals surface area contributed by atoms with Gasteiger partial charge in [0.25, 0.3) is 5.91 Å². The lowest BCUT2D eigenvalue weighted by molar-refractivity contribution is 0.0949. The number of methoxy groups -OCH3 is 2. The SMILES string of the molecule is COc1cc(OC)cc(C(=O)NCc2csc(C)n2)c1. The van der Waals surface area contributed by atoms with Gasteiger partial charge in [-0.1, -0.05) is 0 Å². The van der Waals surface area contributed by atoms with Crippen LogP contribution in [0, 0.1) is 6.92 Å². The molecule has 6 heteroatoms. The highest BCUT2D eigenvalue weighted by Crippen LogP contribution is 2.22. The first-order valence-corrected chi connectivity index (χ1v) is 6.92. The van der Waals surface area contributed by atoms with Crippen LogP contribution in [0.4, 0.5) is 0 Å². The second kappa shape index (κ2) is 6.38. The molecule has 1 heterocycles. The topological polar surface area (TPSA) is 60.5 Å². The Bertz CT molecular complexity index is 588. The third kappa shape index (κ3) is 3.48. The number of nitrogens with zero attached hydrogens (tertiary/aromatic N) is 1. The number of thiazole rings is 1. The van der Waals surface area contributed by atoms with E-state index in [1.165, 1.54) is 0 Å². The zero-order chi connectivity index (χ0) is 14.5. The third-order valence-corrected chi connectivity index (χ3v) is 3.53. The summed E-state index contributed by atoms with van der Waals surface area (Å²) in [4.78, 5) is 16.4. The summed E-state index contributed by atoms with van der Waals surface area (Å²) >= 11 is 1.56. The molecule has 0 saturated carbocycles. The molecule has 1 aromatic heterocycles. The zero-order valence-electron chi connectivity index (χ0n) is 11.6. The van der Waals surface area contributed by atoms with Crippen LogP contribution in [0.2, 0.25) is 0 Å². The Hall–Kier alpha value is -2.08. The van der Waals surface area contributed by atoms with Crippen molar-refractivity contribution >= 4 is 17.2 Å². The van der Waals surface area contributed by atoms with Gasteiger partial charge in [0, 0.05) is 17.0 Å². The normalized spacial score (nSPS) is 10.2. The quantitative estimate of drug-likeness (QED) is 0.919. The molecule has 0 fully saturated rings. The zero-order valence-corrected chi connectivity index (χ0v) is 12.4. The molecule has 2 rings (SSSR count). The van der Waals surface area contributed by atoms with E-state index in [-0.39, 0.29) is 5.91 Å². The summed E-state index contributed by atoms with van der Waals surface area (Å²) in [5.41, 5.74) is 1.35. The van der Waals surface area contributed by atoms with E-state index in [2.05, 4.69) is 10.3 Å². The molecule has 0 atom stereocenters. The molecule has 1 N–H and O–H groups in total. The Balaban J connectivity index is 2.08. The van der Waals surface area contributed by atoms with Crippen LogP contribution in [-0.4, -0.2) is 25.1 Å². The van der Waals surface area contributed by atoms with Crippen LogP contribution in [0.25, 0.3) is 0 Å². The molecule has 2 aromatic rings. The number of aromatic nitrogens is 1. The maximum absolute atomic E-state index is 12.1. The Morgan fingerprint density at radius 3 is 2.40 bits per heavy atom. The highest BCUT2D eigenvalue weighted by atomic mass is 32.1. The number of ether oxygens (including phenoxy) is 2. The van der Waals surface area contributed by atoms with E-state index in [9.17, 15) is 4.79 Å². The maximum atomic E-state index is 12.1. The van der Waals surface area contributed by atoms with E-state index >= 15 is 0 Å². The first kappa shape index (κ1) is 14.3. The van der Waals surface area contributed by atoms with Crippen molar-refractivity contribution in [1.29, 1.82) is 0 Å². The van der Waals surface area contributed by atoms with Gasteiger partial charge in [-0.25, -0.2) is 4.98 Å². The van der Waals surface area contributed by atoms with Gasteiger partial charge in [0.15, 0.2) is 0 Å². The molecule has 0 aliphatic carbocycles. The van der Waals surface area contributed by atoms with Gasteiger partial charge in [0.2, 0.25) is 0 Å². The van der Waals surface area contributed by atoms with E-state index < -0.39 is 0 Å². The monoisotopic (exact) mass is 292 g/mol. The number of amides is 1. The van der Waals surface area contributed by atoms with Gasteiger partial charge < -0.3 is 14.8 Å². The average molecular weight is 292 g/mol. The smallest absolute Gasteiger partial charge is 0.251 e. The lowest BCUT2D eigenvalue weighted by Crippen LogP contribution is -2.23. The number of hydrogen-bond acceptors (Lipinski definition) is 5. The molecule has 1 aromatic carbocycles. The minimum Gasteiger partial charge on any atom is -0.497 e. The molecule has 0 spiro atoms. The van der Waals surface area contributed by atoms with Crippen molar-refractivity contribution in [1.82, 2.24) is 10.3 Å². The molecule has 0 aliphatic heterocycles. The van der Waals surface area contributed by atoms with Gasteiger partial charge in [-0.05, 0) is 19.1 Å². The van der Waals surface area contributed by atoms with Crippen LogP contribution in [0.1, 0.15) is 21.1 Å². The van der Waals surface area contributed by atoms with Crippen LogP contribution in [0.3, 0.4) is 0 Å². The van der Waals surface area contributed by atoms with Crippen molar-refractivity contribution in [3.63, 3.8) is 0 Å². The van der Waals surface area contributed by atoms with Crippen molar-refractivity contribution < 1.29 is 14.3 Å². The van der Waals surface area contributed by atoms with E-state index in [0.717, 1.165) is 10.7 Å². The highest BCUT2D eigenvalue weighted by Gasteiger charge is 2.10. The van der Waals surface area contributed by atoms with Crippen molar-refractivity contribution in [2.75, 3.05) is 14.2 Å². The summed E-state index contributed by atoms with van der Waals surface area (Å²) in [5.74, 6) is 0.978. The number of nitrogens with one attached hydrogen (secondary N) is 1. The first-order valence-electron chi connectivity index (χ1n) is 6.04. The Morgan fingerprint density at radius 1 is 1.25 bits per heavy atom. The fourth-order valence-corrected chi connectivity index (χ4v) is 2.31. The summed E-state index contributed by atoms with van der Waals surface area (Å²) in [6.45, 7) is 2.34. The first-order chi connectivity index (χ1) is 9.62. The van der Waals surface area contributed by atoms with Crippen LogP contribution in [-0.2, 0) is 6.54 Å². The van der Waals surface area contributed by atoms with Crippen molar-refractivity contribution in [3.05, 3.63) is 39.8 Å². The summed E-state index contributed by atoms with van der Waals surface area (Å²) in [5, 5.41) is 5.74. The molecule has 0 unspecified atom stereocenters. The van der Waals surface area contributed by atoms with E-state index in [1.807, 2.05) is 12.3 Å². The van der Waals surface area contributed by atoms with Crippen molar-refractivity contribution in [2.45, 2.75) is 13.5 Å². The lowest BCUT2D eigenvalue weighted by Gasteiger charge is -2.08. The maximum Gasteiger partial charge on any atom is 0.251 e. The van der Waals surface area contributed by atoms with Crippen LogP contribution in [0.5, 0.6) is 11.5 Å². The van der Waals surface area contributed by atoms with Gasteiger partial charge in [-0.2, -0.15) is 0 Å². The number of rotatable bonds is 5. The molecular weight excluding hydrogens is 276 g/mol. The van der Waals surface area contributed by atoms with Gasteiger partial charge in [0.05, 0.1) is 31.5 Å².